The molecule has 17 heavy (non-hydrogen) atoms. The molecule has 92 valence electrons. The lowest BCUT2D eigenvalue weighted by atomic mass is 10.3. The Kier molecular flexibility index (Phi) is 2.53. The molecule has 0 aliphatic carbocycles. The highest BCUT2D eigenvalue weighted by Crippen LogP contribution is 2.27. The van der Waals surface area contributed by atoms with Crippen molar-refractivity contribution in [3.8, 4) is 6.01 Å². The van der Waals surface area contributed by atoms with Crippen molar-refractivity contribution in [2.75, 3.05) is 32.6 Å². The Morgan fingerprint density at radius 1 is 1.24 bits per heavy atom. The molecule has 7 heteroatoms. The third-order valence-corrected chi connectivity index (χ3v) is 2.83. The highest BCUT2D eigenvalue weighted by molar-refractivity contribution is 6.07. The minimum Gasteiger partial charge on any atom is -0.468 e. The van der Waals surface area contributed by atoms with E-state index in [2.05, 4.69) is 4.98 Å². The number of anilines is 1. The lowest BCUT2D eigenvalue weighted by Crippen LogP contribution is -2.35. The lowest BCUT2D eigenvalue weighted by molar-refractivity contribution is -0.118. The zero-order valence-corrected chi connectivity index (χ0v) is 10.2. The van der Waals surface area contributed by atoms with Crippen molar-refractivity contribution in [2.45, 2.75) is 0 Å². The summed E-state index contributed by atoms with van der Waals surface area (Å²) in [5.74, 6) is -0.0833. The van der Waals surface area contributed by atoms with Crippen LogP contribution in [0, 0.1) is 0 Å². The highest BCUT2D eigenvalue weighted by Gasteiger charge is 2.33. The van der Waals surface area contributed by atoms with E-state index in [1.165, 1.54) is 16.9 Å². The summed E-state index contributed by atoms with van der Waals surface area (Å²) in [6.45, 7) is 0.0496. The standard InChI is InChI=1S/C10H14N4O3/c1-12-5-6(15)13(2)8-7(9(12)16)14(3)10(11-8)17-4/h5H2,1-4H3. The van der Waals surface area contributed by atoms with Crippen LogP contribution in [-0.4, -0.2) is 54.0 Å². The molecule has 1 aromatic rings. The van der Waals surface area contributed by atoms with Gasteiger partial charge in [-0.2, -0.15) is 4.98 Å². The fraction of sp³-hybridized carbons (Fsp3) is 0.500. The van der Waals surface area contributed by atoms with Crippen LogP contribution in [0.5, 0.6) is 6.01 Å². The molecule has 0 saturated carbocycles. The summed E-state index contributed by atoms with van der Waals surface area (Å²) in [5.41, 5.74) is 0.359. The largest absolute Gasteiger partial charge is 0.468 e. The smallest absolute Gasteiger partial charge is 0.298 e. The summed E-state index contributed by atoms with van der Waals surface area (Å²) in [5, 5.41) is 0. The van der Waals surface area contributed by atoms with Gasteiger partial charge in [0.2, 0.25) is 5.91 Å². The molecule has 0 saturated heterocycles. The zero-order valence-electron chi connectivity index (χ0n) is 10.2. The van der Waals surface area contributed by atoms with Gasteiger partial charge in [-0.05, 0) is 0 Å². The summed E-state index contributed by atoms with van der Waals surface area (Å²) < 4.78 is 6.59. The predicted octanol–water partition coefficient (Wildman–Crippen LogP) is -0.523. The maximum Gasteiger partial charge on any atom is 0.298 e. The van der Waals surface area contributed by atoms with Gasteiger partial charge in [0.15, 0.2) is 11.5 Å². The Morgan fingerprint density at radius 3 is 2.47 bits per heavy atom. The number of amides is 2. The topological polar surface area (TPSA) is 67.7 Å². The monoisotopic (exact) mass is 238 g/mol. The van der Waals surface area contributed by atoms with Crippen molar-refractivity contribution in [2.24, 2.45) is 7.05 Å². The molecule has 1 aliphatic heterocycles. The SMILES string of the molecule is COc1nc2c(n1C)C(=O)N(C)CC(=O)N2C. The van der Waals surface area contributed by atoms with E-state index in [4.69, 9.17) is 4.74 Å². The van der Waals surface area contributed by atoms with Crippen LogP contribution in [0.2, 0.25) is 0 Å². The Bertz CT molecular complexity index is 494. The van der Waals surface area contributed by atoms with Gasteiger partial charge in [0.1, 0.15) is 6.54 Å². The molecule has 0 bridgehead atoms. The number of fused-ring (bicyclic) bond motifs is 1. The molecule has 0 aromatic carbocycles. The minimum absolute atomic E-state index is 0.0496. The van der Waals surface area contributed by atoms with Crippen molar-refractivity contribution in [3.63, 3.8) is 0 Å². The molecular formula is C10H14N4O3. The van der Waals surface area contributed by atoms with Crippen LogP contribution in [-0.2, 0) is 11.8 Å². The second-order valence-electron chi connectivity index (χ2n) is 3.94. The first-order valence-corrected chi connectivity index (χ1v) is 5.10. The van der Waals surface area contributed by atoms with Gasteiger partial charge < -0.3 is 9.64 Å². The fourth-order valence-corrected chi connectivity index (χ4v) is 1.80. The highest BCUT2D eigenvalue weighted by atomic mass is 16.5. The average Bonchev–Trinajstić information content (AvgIpc) is 2.60. The number of aromatic nitrogens is 2. The minimum atomic E-state index is -0.240. The van der Waals surface area contributed by atoms with Gasteiger partial charge >= 0.3 is 0 Å². The van der Waals surface area contributed by atoms with Crippen molar-refractivity contribution in [1.29, 1.82) is 0 Å². The van der Waals surface area contributed by atoms with Crippen molar-refractivity contribution >= 4 is 17.6 Å². The van der Waals surface area contributed by atoms with Crippen LogP contribution in [0.1, 0.15) is 10.5 Å². The van der Waals surface area contributed by atoms with E-state index < -0.39 is 0 Å². The van der Waals surface area contributed by atoms with Gasteiger partial charge in [-0.25, -0.2) is 0 Å². The van der Waals surface area contributed by atoms with Crippen LogP contribution in [0.3, 0.4) is 0 Å². The Morgan fingerprint density at radius 2 is 1.88 bits per heavy atom. The molecule has 2 amide bonds. The number of carbonyl (C=O) groups excluding carboxylic acids is 2. The summed E-state index contributed by atoms with van der Waals surface area (Å²) in [6.07, 6.45) is 0. The van der Waals surface area contributed by atoms with E-state index in [1.807, 2.05) is 0 Å². The molecule has 0 unspecified atom stereocenters. The summed E-state index contributed by atoms with van der Waals surface area (Å²) >= 11 is 0. The lowest BCUT2D eigenvalue weighted by Gasteiger charge is -2.14. The molecule has 7 nitrogen and oxygen atoms in total. The first kappa shape index (κ1) is 11.4. The normalized spacial score (nSPS) is 16.0. The van der Waals surface area contributed by atoms with Gasteiger partial charge in [0, 0.05) is 21.1 Å². The number of ether oxygens (including phenoxy) is 1. The average molecular weight is 238 g/mol. The second-order valence-corrected chi connectivity index (χ2v) is 3.94. The summed E-state index contributed by atoms with van der Waals surface area (Å²) in [6, 6.07) is 0.304. The molecule has 2 heterocycles. The number of nitrogens with zero attached hydrogens (tertiary/aromatic N) is 4. The van der Waals surface area contributed by atoms with Crippen molar-refractivity contribution < 1.29 is 14.3 Å². The van der Waals surface area contributed by atoms with Crippen molar-refractivity contribution in [3.05, 3.63) is 5.69 Å². The van der Waals surface area contributed by atoms with Gasteiger partial charge in [-0.3, -0.25) is 19.1 Å². The number of hydrogen-bond acceptors (Lipinski definition) is 4. The Labute approximate surface area is 98.6 Å². The number of carbonyl (C=O) groups is 2. The fourth-order valence-electron chi connectivity index (χ4n) is 1.80. The van der Waals surface area contributed by atoms with Crippen molar-refractivity contribution in [1.82, 2.24) is 14.5 Å². The summed E-state index contributed by atoms with van der Waals surface area (Å²) in [7, 11) is 6.33. The van der Waals surface area contributed by atoms with E-state index >= 15 is 0 Å². The van der Waals surface area contributed by atoms with Gasteiger partial charge in [-0.15, -0.1) is 0 Å². The number of rotatable bonds is 1. The number of likely N-dealkylation sites (N-methyl/N-ethyl adjacent to an activating group) is 2. The quantitative estimate of drug-likeness (QED) is 0.660. The molecule has 0 spiro atoms. The van der Waals surface area contributed by atoms with Crippen LogP contribution < -0.4 is 9.64 Å². The third kappa shape index (κ3) is 1.54. The summed E-state index contributed by atoms with van der Waals surface area (Å²) in [4.78, 5) is 30.8. The van der Waals surface area contributed by atoms with Gasteiger partial charge in [-0.1, -0.05) is 0 Å². The van der Waals surface area contributed by atoms with E-state index in [0.717, 1.165) is 0 Å². The molecule has 1 aliphatic rings. The van der Waals surface area contributed by atoms with Crippen LogP contribution in [0.25, 0.3) is 0 Å². The maximum absolute atomic E-state index is 12.1. The second kappa shape index (κ2) is 3.76. The number of imidazole rings is 1. The molecule has 0 atom stereocenters. The van der Waals surface area contributed by atoms with Gasteiger partial charge in [0.05, 0.1) is 7.11 Å². The van der Waals surface area contributed by atoms with Crippen LogP contribution >= 0.6 is 0 Å². The van der Waals surface area contributed by atoms with E-state index in [-0.39, 0.29) is 18.4 Å². The Balaban J connectivity index is 2.65. The van der Waals surface area contributed by atoms with Crippen LogP contribution in [0.15, 0.2) is 0 Å². The van der Waals surface area contributed by atoms with Gasteiger partial charge in [0.25, 0.3) is 11.9 Å². The molecule has 0 N–H and O–H groups in total. The molecule has 0 fully saturated rings. The molecule has 1 aromatic heterocycles. The van der Waals surface area contributed by atoms with E-state index in [9.17, 15) is 9.59 Å². The zero-order chi connectivity index (χ0) is 12.7. The first-order valence-electron chi connectivity index (χ1n) is 5.10. The molecule has 2 rings (SSSR count). The number of hydrogen-bond donors (Lipinski definition) is 0. The third-order valence-electron chi connectivity index (χ3n) is 2.83. The Hall–Kier alpha value is -2.05. The predicted molar refractivity (Wildman–Crippen MR) is 60.1 cm³/mol. The number of methoxy groups -OCH3 is 1. The molecular weight excluding hydrogens is 224 g/mol. The van der Waals surface area contributed by atoms with E-state index in [1.54, 1.807) is 25.7 Å². The first-order chi connectivity index (χ1) is 7.97. The van der Waals surface area contributed by atoms with Crippen LogP contribution in [0.4, 0.5) is 5.82 Å². The van der Waals surface area contributed by atoms with E-state index in [0.29, 0.717) is 17.5 Å². The maximum atomic E-state index is 12.1. The molecule has 0 radical (unpaired) electrons.